The molecule has 1 N–H and O–H groups in total. The highest BCUT2D eigenvalue weighted by atomic mass is 16.5. The average Bonchev–Trinajstić information content (AvgIpc) is 3.05. The minimum absolute atomic E-state index is 0.115. The Kier molecular flexibility index (Phi) is 3.48. The maximum absolute atomic E-state index is 6.33. The fourth-order valence-electron chi connectivity index (χ4n) is 4.33. The Morgan fingerprint density at radius 3 is 2.64 bits per heavy atom. The molecular weight excluding hydrogens is 312 g/mol. The Labute approximate surface area is 147 Å². The molecule has 5 nitrogen and oxygen atoms in total. The van der Waals surface area contributed by atoms with Crippen molar-refractivity contribution < 1.29 is 4.74 Å². The van der Waals surface area contributed by atoms with Crippen LogP contribution in [0.1, 0.15) is 12.8 Å². The van der Waals surface area contributed by atoms with Crippen molar-refractivity contribution in [1.29, 1.82) is 0 Å². The molecule has 0 radical (unpaired) electrons. The van der Waals surface area contributed by atoms with E-state index >= 15 is 0 Å². The summed E-state index contributed by atoms with van der Waals surface area (Å²) in [4.78, 5) is 11.9. The van der Waals surface area contributed by atoms with Gasteiger partial charge < -0.3 is 4.74 Å². The highest BCUT2D eigenvalue weighted by molar-refractivity contribution is 5.89. The Hall–Kier alpha value is -2.40. The van der Waals surface area contributed by atoms with E-state index in [0.717, 1.165) is 30.2 Å². The fraction of sp³-hybridized carbons (Fsp3) is 0.400. The van der Waals surface area contributed by atoms with Gasteiger partial charge in [0.2, 0.25) is 0 Å². The van der Waals surface area contributed by atoms with Crippen molar-refractivity contribution in [3.8, 4) is 11.3 Å². The summed E-state index contributed by atoms with van der Waals surface area (Å²) in [6.07, 6.45) is 2.45. The second-order valence-corrected chi connectivity index (χ2v) is 7.24. The Balaban J connectivity index is 1.32. The maximum atomic E-state index is 6.33. The number of benzene rings is 1. The lowest BCUT2D eigenvalue weighted by atomic mass is 9.75. The lowest BCUT2D eigenvalue weighted by Gasteiger charge is -2.50. The zero-order valence-corrected chi connectivity index (χ0v) is 14.2. The maximum Gasteiger partial charge on any atom is 0.291 e. The van der Waals surface area contributed by atoms with E-state index in [0.29, 0.717) is 11.9 Å². The molecule has 3 fully saturated rings. The van der Waals surface area contributed by atoms with Crippen molar-refractivity contribution >= 4 is 11.8 Å². The average molecular weight is 334 g/mol. The van der Waals surface area contributed by atoms with E-state index in [4.69, 9.17) is 9.72 Å². The number of pyridine rings is 1. The van der Waals surface area contributed by atoms with Crippen molar-refractivity contribution in [1.82, 2.24) is 9.88 Å². The molecule has 1 aromatic heterocycles. The first-order valence-corrected chi connectivity index (χ1v) is 9.06. The zero-order valence-electron chi connectivity index (χ0n) is 14.2. The second kappa shape index (κ2) is 5.85. The molecule has 1 spiro atoms. The number of ether oxygens (including phenoxy) is 1. The topological polar surface area (TPSA) is 49.8 Å². The summed E-state index contributed by atoms with van der Waals surface area (Å²) >= 11 is 0. The number of aliphatic imine (C=N–C) groups is 1. The van der Waals surface area contributed by atoms with E-state index in [9.17, 15) is 0 Å². The quantitative estimate of drug-likeness (QED) is 0.917. The van der Waals surface area contributed by atoms with Crippen LogP contribution in [0.3, 0.4) is 0 Å². The summed E-state index contributed by atoms with van der Waals surface area (Å²) in [5.41, 5.74) is 1.94. The lowest BCUT2D eigenvalue weighted by Crippen LogP contribution is -2.61. The van der Waals surface area contributed by atoms with E-state index in [-0.39, 0.29) is 5.60 Å². The van der Waals surface area contributed by atoms with Gasteiger partial charge in [-0.15, -0.1) is 0 Å². The molecule has 6 rings (SSSR count). The number of nitrogens with zero attached hydrogens (tertiary/aromatic N) is 3. The van der Waals surface area contributed by atoms with Crippen LogP contribution < -0.4 is 5.32 Å². The third-order valence-corrected chi connectivity index (χ3v) is 5.67. The Bertz CT molecular complexity index is 798. The molecule has 128 valence electrons. The van der Waals surface area contributed by atoms with E-state index < -0.39 is 0 Å². The van der Waals surface area contributed by atoms with Crippen LogP contribution in [0.15, 0.2) is 53.5 Å². The van der Waals surface area contributed by atoms with Crippen LogP contribution in [-0.4, -0.2) is 47.7 Å². The predicted octanol–water partition coefficient (Wildman–Crippen LogP) is 3.01. The number of aromatic nitrogens is 1. The molecular formula is C20H22N4O. The van der Waals surface area contributed by atoms with Crippen molar-refractivity contribution in [3.05, 3.63) is 48.5 Å². The van der Waals surface area contributed by atoms with Gasteiger partial charge in [0.1, 0.15) is 11.4 Å². The molecule has 0 aliphatic carbocycles. The van der Waals surface area contributed by atoms with Crippen molar-refractivity contribution in [2.45, 2.75) is 18.4 Å². The van der Waals surface area contributed by atoms with Gasteiger partial charge in [-0.05, 0) is 38.1 Å². The molecule has 3 saturated heterocycles. The lowest BCUT2D eigenvalue weighted by molar-refractivity contribution is -0.0829. The molecule has 0 saturated carbocycles. The first-order valence-electron chi connectivity index (χ1n) is 9.06. The number of rotatable bonds is 2. The first-order chi connectivity index (χ1) is 12.3. The van der Waals surface area contributed by atoms with Gasteiger partial charge in [0.15, 0.2) is 0 Å². The SMILES string of the molecule is c1ccc(-c2cccc(NC3=NCC4(CN5CCC4CC5)O3)n2)cc1. The number of hydrogen-bond donors (Lipinski definition) is 1. The van der Waals surface area contributed by atoms with Crippen LogP contribution in [0.4, 0.5) is 5.82 Å². The molecule has 2 bridgehead atoms. The van der Waals surface area contributed by atoms with Crippen molar-refractivity contribution in [3.63, 3.8) is 0 Å². The van der Waals surface area contributed by atoms with Crippen LogP contribution in [-0.2, 0) is 4.74 Å². The summed E-state index contributed by atoms with van der Waals surface area (Å²) in [5.74, 6) is 1.41. The summed E-state index contributed by atoms with van der Waals surface area (Å²) < 4.78 is 6.33. The molecule has 4 aliphatic rings. The second-order valence-electron chi connectivity index (χ2n) is 7.24. The predicted molar refractivity (Wildman–Crippen MR) is 98.6 cm³/mol. The first kappa shape index (κ1) is 14.9. The van der Waals surface area contributed by atoms with Crippen LogP contribution in [0.2, 0.25) is 0 Å². The van der Waals surface area contributed by atoms with E-state index in [1.807, 2.05) is 36.4 Å². The zero-order chi connectivity index (χ0) is 16.7. The number of piperidine rings is 3. The van der Waals surface area contributed by atoms with Crippen LogP contribution in [0, 0.1) is 5.92 Å². The van der Waals surface area contributed by atoms with Gasteiger partial charge >= 0.3 is 0 Å². The van der Waals surface area contributed by atoms with E-state index in [2.05, 4.69) is 27.3 Å². The normalized spacial score (nSPS) is 30.2. The smallest absolute Gasteiger partial charge is 0.291 e. The summed E-state index contributed by atoms with van der Waals surface area (Å²) in [6.45, 7) is 4.18. The van der Waals surface area contributed by atoms with E-state index in [1.165, 1.54) is 25.9 Å². The molecule has 1 unspecified atom stereocenters. The molecule has 2 aromatic rings. The largest absolute Gasteiger partial charge is 0.455 e. The molecule has 5 heteroatoms. The molecule has 0 amide bonds. The minimum Gasteiger partial charge on any atom is -0.455 e. The van der Waals surface area contributed by atoms with Gasteiger partial charge in [-0.25, -0.2) is 9.98 Å². The highest BCUT2D eigenvalue weighted by Gasteiger charge is 2.51. The van der Waals surface area contributed by atoms with Gasteiger partial charge in [-0.1, -0.05) is 36.4 Å². The van der Waals surface area contributed by atoms with Gasteiger partial charge in [0.05, 0.1) is 12.2 Å². The summed E-state index contributed by atoms with van der Waals surface area (Å²) in [5, 5.41) is 3.28. The number of hydrogen-bond acceptors (Lipinski definition) is 5. The minimum atomic E-state index is -0.115. The highest BCUT2D eigenvalue weighted by Crippen LogP contribution is 2.40. The molecule has 25 heavy (non-hydrogen) atoms. The van der Waals surface area contributed by atoms with Crippen molar-refractivity contribution in [2.24, 2.45) is 10.9 Å². The van der Waals surface area contributed by atoms with Crippen molar-refractivity contribution in [2.75, 3.05) is 31.5 Å². The molecule has 1 atom stereocenters. The Morgan fingerprint density at radius 1 is 1.04 bits per heavy atom. The monoisotopic (exact) mass is 334 g/mol. The van der Waals surface area contributed by atoms with Gasteiger partial charge in [-0.3, -0.25) is 10.2 Å². The fourth-order valence-corrected chi connectivity index (χ4v) is 4.33. The van der Waals surface area contributed by atoms with Crippen LogP contribution >= 0.6 is 0 Å². The molecule has 1 aromatic carbocycles. The molecule has 4 aliphatic heterocycles. The van der Waals surface area contributed by atoms with Crippen LogP contribution in [0.5, 0.6) is 0 Å². The van der Waals surface area contributed by atoms with E-state index in [1.54, 1.807) is 0 Å². The Morgan fingerprint density at radius 2 is 1.88 bits per heavy atom. The molecule has 5 heterocycles. The third-order valence-electron chi connectivity index (χ3n) is 5.67. The van der Waals surface area contributed by atoms with Gasteiger partial charge in [-0.2, -0.15) is 0 Å². The third kappa shape index (κ3) is 2.68. The van der Waals surface area contributed by atoms with Gasteiger partial charge in [0, 0.05) is 18.0 Å². The standard InChI is InChI=1S/C20H22N4O/c1-2-5-15(6-3-1)17-7-4-8-18(22-17)23-19-21-13-20(25-19)14-24-11-9-16(20)10-12-24/h1-8,16H,9-14H2,(H,21,22,23). The number of amidine groups is 1. The summed E-state index contributed by atoms with van der Waals surface area (Å²) in [7, 11) is 0. The number of fused-ring (bicyclic) bond motifs is 2. The van der Waals surface area contributed by atoms with Gasteiger partial charge in [0.25, 0.3) is 6.02 Å². The summed E-state index contributed by atoms with van der Waals surface area (Å²) in [6, 6.07) is 16.8. The number of anilines is 1. The van der Waals surface area contributed by atoms with Crippen LogP contribution in [0.25, 0.3) is 11.3 Å². The number of nitrogens with one attached hydrogen (secondary N) is 1.